The quantitative estimate of drug-likeness (QED) is 0.666. The molecule has 0 aliphatic heterocycles. The molecule has 0 atom stereocenters. The van der Waals surface area contributed by atoms with Gasteiger partial charge < -0.3 is 17.3 Å². The van der Waals surface area contributed by atoms with Crippen LogP contribution in [0.4, 0.5) is 4.39 Å². The highest BCUT2D eigenvalue weighted by atomic mass is 35.5. The molecule has 0 spiro atoms. The summed E-state index contributed by atoms with van der Waals surface area (Å²) in [6, 6.07) is 4.46. The molecule has 1 aromatic carbocycles. The van der Waals surface area contributed by atoms with Crippen LogP contribution in [-0.4, -0.2) is 22.4 Å². The average Bonchev–Trinajstić information content (AvgIpc) is 2.72. The minimum Gasteiger partial charge on any atom is -1.00 e. The summed E-state index contributed by atoms with van der Waals surface area (Å²) in [4.78, 5) is 13.6. The van der Waals surface area contributed by atoms with Crippen LogP contribution in [0.25, 0.3) is 0 Å². The Kier molecular flexibility index (Phi) is 6.66. The van der Waals surface area contributed by atoms with Gasteiger partial charge >= 0.3 is 0 Å². The normalized spacial score (nSPS) is 10.2. The van der Waals surface area contributed by atoms with Crippen LogP contribution in [0.3, 0.4) is 0 Å². The number of benzene rings is 1. The molecule has 120 valence electrons. The van der Waals surface area contributed by atoms with Crippen molar-refractivity contribution in [2.24, 2.45) is 7.05 Å². The summed E-state index contributed by atoms with van der Waals surface area (Å²) < 4.78 is 17.1. The molecule has 1 amide bonds. The Balaban J connectivity index is 0.00000242. The number of hydrogen-bond acceptors (Lipinski definition) is 1. The first-order valence-electron chi connectivity index (χ1n) is 6.26. The van der Waals surface area contributed by atoms with Crippen molar-refractivity contribution >= 4 is 29.1 Å². The van der Waals surface area contributed by atoms with Crippen LogP contribution in [-0.2, 0) is 24.9 Å². The SMILES string of the molecule is CN(Cc1c(F)cccc1Cl)C(=O)C[n+]1cc(Cl)n(C)c1.[Cl-]. The predicted octanol–water partition coefficient (Wildman–Crippen LogP) is -0.579. The van der Waals surface area contributed by atoms with E-state index in [0.29, 0.717) is 15.7 Å². The van der Waals surface area contributed by atoms with Gasteiger partial charge in [0.1, 0.15) is 12.0 Å². The number of carbonyl (C=O) groups is 1. The zero-order valence-corrected chi connectivity index (χ0v) is 14.3. The molecule has 0 saturated carbocycles. The number of halogens is 4. The molecule has 0 aliphatic carbocycles. The molecule has 0 aliphatic rings. The Morgan fingerprint density at radius 2 is 2.09 bits per heavy atom. The first-order chi connectivity index (χ1) is 9.88. The van der Waals surface area contributed by atoms with E-state index in [0.717, 1.165) is 0 Å². The van der Waals surface area contributed by atoms with Crippen LogP contribution in [0.5, 0.6) is 0 Å². The number of aryl methyl sites for hydroxylation is 1. The lowest BCUT2D eigenvalue weighted by molar-refractivity contribution is -0.684. The molecular formula is C14H15Cl3FN3O. The van der Waals surface area contributed by atoms with Gasteiger partial charge in [-0.15, -0.1) is 0 Å². The topological polar surface area (TPSA) is 29.1 Å². The number of rotatable bonds is 4. The van der Waals surface area contributed by atoms with Gasteiger partial charge in [0.25, 0.3) is 5.91 Å². The van der Waals surface area contributed by atoms with E-state index in [-0.39, 0.29) is 31.4 Å². The van der Waals surface area contributed by atoms with Gasteiger partial charge in [-0.25, -0.2) is 13.5 Å². The van der Waals surface area contributed by atoms with Crippen LogP contribution in [0.15, 0.2) is 30.7 Å². The van der Waals surface area contributed by atoms with Gasteiger partial charge in [0.15, 0.2) is 6.54 Å². The van der Waals surface area contributed by atoms with Crippen molar-refractivity contribution in [3.63, 3.8) is 0 Å². The van der Waals surface area contributed by atoms with Gasteiger partial charge in [0.2, 0.25) is 11.5 Å². The van der Waals surface area contributed by atoms with E-state index < -0.39 is 5.82 Å². The average molecular weight is 367 g/mol. The van der Waals surface area contributed by atoms with Gasteiger partial charge in [0.05, 0.1) is 7.05 Å². The van der Waals surface area contributed by atoms with Crippen LogP contribution in [0.1, 0.15) is 5.56 Å². The lowest BCUT2D eigenvalue weighted by Gasteiger charge is -2.17. The summed E-state index contributed by atoms with van der Waals surface area (Å²) in [7, 11) is 3.39. The van der Waals surface area contributed by atoms with Crippen molar-refractivity contribution in [1.29, 1.82) is 0 Å². The highest BCUT2D eigenvalue weighted by molar-refractivity contribution is 6.31. The number of likely N-dealkylation sites (N-methyl/N-ethyl adjacent to an activating group) is 1. The molecule has 1 heterocycles. The third-order valence-corrected chi connectivity index (χ3v) is 3.85. The third-order valence-electron chi connectivity index (χ3n) is 3.13. The highest BCUT2D eigenvalue weighted by Crippen LogP contribution is 2.20. The Bertz CT molecular complexity index is 636. The summed E-state index contributed by atoms with van der Waals surface area (Å²) in [6.45, 7) is 0.245. The Morgan fingerprint density at radius 1 is 1.41 bits per heavy atom. The zero-order chi connectivity index (χ0) is 15.6. The van der Waals surface area contributed by atoms with E-state index in [2.05, 4.69) is 0 Å². The summed E-state index contributed by atoms with van der Waals surface area (Å²) in [5.41, 5.74) is 0.311. The number of aromatic nitrogens is 2. The summed E-state index contributed by atoms with van der Waals surface area (Å²) in [5.74, 6) is -0.584. The number of hydrogen-bond donors (Lipinski definition) is 0. The minimum absolute atomic E-state index is 0. The van der Waals surface area contributed by atoms with Gasteiger partial charge in [-0.05, 0) is 23.7 Å². The molecular weight excluding hydrogens is 352 g/mol. The standard InChI is InChI=1S/C14H15Cl2FN3O.ClH/c1-18(6-10-11(15)4-3-5-12(10)17)14(21)8-20-7-13(16)19(2)9-20;/h3-5,7,9H,6,8H2,1-2H3;1H/q+1;/p-1. The van der Waals surface area contributed by atoms with Gasteiger partial charge in [-0.3, -0.25) is 4.79 Å². The maximum atomic E-state index is 13.7. The molecule has 8 heteroatoms. The van der Waals surface area contributed by atoms with E-state index >= 15 is 0 Å². The Morgan fingerprint density at radius 3 is 2.64 bits per heavy atom. The van der Waals surface area contributed by atoms with E-state index in [9.17, 15) is 9.18 Å². The first kappa shape index (κ1) is 18.7. The highest BCUT2D eigenvalue weighted by Gasteiger charge is 2.17. The van der Waals surface area contributed by atoms with Gasteiger partial charge in [-0.2, -0.15) is 0 Å². The molecule has 1 aromatic heterocycles. The Hall–Kier alpha value is -1.30. The lowest BCUT2D eigenvalue weighted by atomic mass is 10.2. The fourth-order valence-corrected chi connectivity index (χ4v) is 2.30. The van der Waals surface area contributed by atoms with Crippen molar-refractivity contribution in [2.75, 3.05) is 7.05 Å². The fourth-order valence-electron chi connectivity index (χ4n) is 1.91. The van der Waals surface area contributed by atoms with Crippen molar-refractivity contribution in [3.8, 4) is 0 Å². The molecule has 0 N–H and O–H groups in total. The van der Waals surface area contributed by atoms with E-state index in [1.54, 1.807) is 41.8 Å². The van der Waals surface area contributed by atoms with Crippen LogP contribution in [0.2, 0.25) is 10.2 Å². The predicted molar refractivity (Wildman–Crippen MR) is 78.5 cm³/mol. The first-order valence-corrected chi connectivity index (χ1v) is 7.02. The second-order valence-corrected chi connectivity index (χ2v) is 5.59. The minimum atomic E-state index is -0.419. The molecule has 4 nitrogen and oxygen atoms in total. The number of imidazole rings is 1. The Labute approximate surface area is 144 Å². The van der Waals surface area contributed by atoms with Crippen LogP contribution < -0.4 is 17.0 Å². The van der Waals surface area contributed by atoms with Crippen molar-refractivity contribution in [2.45, 2.75) is 13.1 Å². The third kappa shape index (κ3) is 4.35. The molecule has 0 unspecified atom stereocenters. The lowest BCUT2D eigenvalue weighted by Crippen LogP contribution is -3.00. The molecule has 22 heavy (non-hydrogen) atoms. The van der Waals surface area contributed by atoms with Gasteiger partial charge in [-0.1, -0.05) is 17.7 Å². The molecule has 0 radical (unpaired) electrons. The van der Waals surface area contributed by atoms with Crippen LogP contribution >= 0.6 is 23.2 Å². The summed E-state index contributed by atoms with van der Waals surface area (Å²) >= 11 is 11.9. The van der Waals surface area contributed by atoms with E-state index in [1.807, 2.05) is 0 Å². The van der Waals surface area contributed by atoms with E-state index in [4.69, 9.17) is 23.2 Å². The van der Waals surface area contributed by atoms with Crippen molar-refractivity contribution < 1.29 is 26.2 Å². The van der Waals surface area contributed by atoms with Crippen molar-refractivity contribution in [3.05, 3.63) is 52.3 Å². The van der Waals surface area contributed by atoms with Crippen LogP contribution in [0, 0.1) is 5.82 Å². The maximum absolute atomic E-state index is 13.7. The number of nitrogens with zero attached hydrogens (tertiary/aromatic N) is 3. The summed E-state index contributed by atoms with van der Waals surface area (Å²) in [5, 5.41) is 0.840. The molecule has 2 aromatic rings. The maximum Gasteiger partial charge on any atom is 0.264 e. The molecule has 2 rings (SSSR count). The fraction of sp³-hybridized carbons (Fsp3) is 0.286. The second-order valence-electron chi connectivity index (χ2n) is 4.80. The zero-order valence-electron chi connectivity index (χ0n) is 12.1. The second kappa shape index (κ2) is 7.81. The van der Waals surface area contributed by atoms with Gasteiger partial charge in [0, 0.05) is 24.2 Å². The number of carbonyl (C=O) groups excluding carboxylic acids is 1. The smallest absolute Gasteiger partial charge is 0.264 e. The largest absolute Gasteiger partial charge is 1.00 e. The van der Waals surface area contributed by atoms with Crippen molar-refractivity contribution in [1.82, 2.24) is 9.47 Å². The number of amides is 1. The molecule has 0 bridgehead atoms. The molecule has 0 saturated heterocycles. The monoisotopic (exact) mass is 365 g/mol. The summed E-state index contributed by atoms with van der Waals surface area (Å²) in [6.07, 6.45) is 3.37. The molecule has 0 fully saturated rings. The van der Waals surface area contributed by atoms with E-state index in [1.165, 1.54) is 17.0 Å².